The Kier molecular flexibility index (Phi) is 5.19. The van der Waals surface area contributed by atoms with E-state index < -0.39 is 0 Å². The molecule has 1 amide bonds. The Morgan fingerprint density at radius 3 is 2.64 bits per heavy atom. The number of hydrogen-bond donors (Lipinski definition) is 0. The van der Waals surface area contributed by atoms with Gasteiger partial charge in [-0.2, -0.15) is 0 Å². The molecule has 0 unspecified atom stereocenters. The standard InChI is InChI=1S/C19H18FN3OS/c1-13-17(25-18(22-13)16-5-3-4-11-21-16)19(24)23(2)12-10-14-6-8-15(20)9-7-14/h3-9,11H,10,12H2,1-2H3. The number of halogens is 1. The van der Waals surface area contributed by atoms with Gasteiger partial charge in [-0.05, 0) is 43.2 Å². The van der Waals surface area contributed by atoms with E-state index in [9.17, 15) is 9.18 Å². The number of likely N-dealkylation sites (N-methyl/N-ethyl adjacent to an activating group) is 1. The van der Waals surface area contributed by atoms with E-state index in [-0.39, 0.29) is 11.7 Å². The van der Waals surface area contributed by atoms with Crippen LogP contribution in [0.2, 0.25) is 0 Å². The fourth-order valence-corrected chi connectivity index (χ4v) is 3.45. The summed E-state index contributed by atoms with van der Waals surface area (Å²) in [5.41, 5.74) is 2.48. The van der Waals surface area contributed by atoms with E-state index in [2.05, 4.69) is 9.97 Å². The molecule has 0 saturated carbocycles. The van der Waals surface area contributed by atoms with Crippen molar-refractivity contribution in [2.45, 2.75) is 13.3 Å². The van der Waals surface area contributed by atoms with Crippen LogP contribution in [0.4, 0.5) is 4.39 Å². The summed E-state index contributed by atoms with van der Waals surface area (Å²) in [5.74, 6) is -0.310. The molecule has 0 bridgehead atoms. The number of carbonyl (C=O) groups is 1. The lowest BCUT2D eigenvalue weighted by molar-refractivity contribution is 0.0800. The molecule has 25 heavy (non-hydrogen) atoms. The van der Waals surface area contributed by atoms with Crippen LogP contribution in [0.25, 0.3) is 10.7 Å². The number of carbonyl (C=O) groups excluding carboxylic acids is 1. The number of rotatable bonds is 5. The third-order valence-electron chi connectivity index (χ3n) is 3.87. The lowest BCUT2D eigenvalue weighted by atomic mass is 10.1. The molecule has 128 valence electrons. The minimum absolute atomic E-state index is 0.0562. The van der Waals surface area contributed by atoms with Crippen LogP contribution < -0.4 is 0 Å². The first-order valence-corrected chi connectivity index (χ1v) is 8.75. The third kappa shape index (κ3) is 4.09. The molecule has 0 aliphatic heterocycles. The maximum Gasteiger partial charge on any atom is 0.265 e. The topological polar surface area (TPSA) is 46.1 Å². The molecular weight excluding hydrogens is 337 g/mol. The van der Waals surface area contributed by atoms with Crippen LogP contribution in [0, 0.1) is 12.7 Å². The molecule has 0 aliphatic carbocycles. The number of hydrogen-bond acceptors (Lipinski definition) is 4. The minimum Gasteiger partial charge on any atom is -0.341 e. The molecule has 0 radical (unpaired) electrons. The Balaban J connectivity index is 1.69. The van der Waals surface area contributed by atoms with Crippen molar-refractivity contribution in [2.75, 3.05) is 13.6 Å². The molecule has 3 rings (SSSR count). The summed E-state index contributed by atoms with van der Waals surface area (Å²) in [6.07, 6.45) is 2.38. The number of amides is 1. The summed E-state index contributed by atoms with van der Waals surface area (Å²) in [5, 5.41) is 0.744. The maximum absolute atomic E-state index is 12.9. The fraction of sp³-hybridized carbons (Fsp3) is 0.211. The Labute approximate surface area is 150 Å². The first-order chi connectivity index (χ1) is 12.0. The number of aromatic nitrogens is 2. The predicted molar refractivity (Wildman–Crippen MR) is 97.1 cm³/mol. The molecule has 4 nitrogen and oxygen atoms in total. The molecule has 0 fully saturated rings. The quantitative estimate of drug-likeness (QED) is 0.696. The van der Waals surface area contributed by atoms with Gasteiger partial charge >= 0.3 is 0 Å². The Hall–Kier alpha value is -2.60. The van der Waals surface area contributed by atoms with Gasteiger partial charge in [-0.3, -0.25) is 9.78 Å². The minimum atomic E-state index is -0.254. The molecule has 2 heterocycles. The molecule has 2 aromatic heterocycles. The van der Waals surface area contributed by atoms with Crippen molar-refractivity contribution in [1.29, 1.82) is 0 Å². The van der Waals surface area contributed by atoms with Gasteiger partial charge in [-0.25, -0.2) is 9.37 Å². The zero-order valence-corrected chi connectivity index (χ0v) is 14.9. The van der Waals surface area contributed by atoms with E-state index in [0.717, 1.165) is 16.3 Å². The molecule has 0 spiro atoms. The highest BCUT2D eigenvalue weighted by atomic mass is 32.1. The van der Waals surface area contributed by atoms with Gasteiger partial charge < -0.3 is 4.90 Å². The third-order valence-corrected chi connectivity index (χ3v) is 5.04. The van der Waals surface area contributed by atoms with Crippen molar-refractivity contribution in [3.63, 3.8) is 0 Å². The molecule has 3 aromatic rings. The van der Waals surface area contributed by atoms with Crippen LogP contribution in [-0.2, 0) is 6.42 Å². The summed E-state index contributed by atoms with van der Waals surface area (Å²) >= 11 is 1.36. The molecule has 0 aliphatic rings. The lowest BCUT2D eigenvalue weighted by Gasteiger charge is -2.16. The molecule has 0 N–H and O–H groups in total. The van der Waals surface area contributed by atoms with E-state index >= 15 is 0 Å². The monoisotopic (exact) mass is 355 g/mol. The Bertz CT molecular complexity index is 862. The smallest absolute Gasteiger partial charge is 0.265 e. The van der Waals surface area contributed by atoms with Crippen LogP contribution in [0.5, 0.6) is 0 Å². The molecule has 1 aromatic carbocycles. The summed E-state index contributed by atoms with van der Waals surface area (Å²) in [7, 11) is 1.77. The lowest BCUT2D eigenvalue weighted by Crippen LogP contribution is -2.28. The van der Waals surface area contributed by atoms with E-state index in [0.29, 0.717) is 23.5 Å². The van der Waals surface area contributed by atoms with Gasteiger partial charge in [0.15, 0.2) is 0 Å². The van der Waals surface area contributed by atoms with Crippen molar-refractivity contribution < 1.29 is 9.18 Å². The van der Waals surface area contributed by atoms with Crippen LogP contribution in [0.15, 0.2) is 48.7 Å². The van der Waals surface area contributed by atoms with E-state index in [1.807, 2.05) is 25.1 Å². The molecule has 0 saturated heterocycles. The van der Waals surface area contributed by atoms with Crippen molar-refractivity contribution in [1.82, 2.24) is 14.9 Å². The van der Waals surface area contributed by atoms with Crippen LogP contribution in [-0.4, -0.2) is 34.4 Å². The van der Waals surface area contributed by atoms with Gasteiger partial charge in [0.25, 0.3) is 5.91 Å². The van der Waals surface area contributed by atoms with E-state index in [1.54, 1.807) is 30.3 Å². The van der Waals surface area contributed by atoms with Gasteiger partial charge in [0.1, 0.15) is 15.7 Å². The molecular formula is C19H18FN3OS. The Morgan fingerprint density at radius 2 is 1.96 bits per heavy atom. The average Bonchev–Trinajstić information content (AvgIpc) is 3.03. The second-order valence-corrected chi connectivity index (χ2v) is 6.75. The van der Waals surface area contributed by atoms with E-state index in [1.165, 1.54) is 23.5 Å². The second-order valence-electron chi connectivity index (χ2n) is 5.75. The van der Waals surface area contributed by atoms with Crippen molar-refractivity contribution >= 4 is 17.2 Å². The van der Waals surface area contributed by atoms with Gasteiger partial charge in [0, 0.05) is 19.8 Å². The number of thiazole rings is 1. The predicted octanol–water partition coefficient (Wildman–Crippen LogP) is 3.97. The van der Waals surface area contributed by atoms with Gasteiger partial charge in [-0.1, -0.05) is 18.2 Å². The fourth-order valence-electron chi connectivity index (χ4n) is 2.42. The summed E-state index contributed by atoms with van der Waals surface area (Å²) in [4.78, 5) is 23.8. The number of benzene rings is 1. The largest absolute Gasteiger partial charge is 0.341 e. The summed E-state index contributed by atoms with van der Waals surface area (Å²) in [6.45, 7) is 2.39. The first kappa shape index (κ1) is 17.2. The highest BCUT2D eigenvalue weighted by Gasteiger charge is 2.19. The van der Waals surface area contributed by atoms with Gasteiger partial charge in [0.2, 0.25) is 0 Å². The number of nitrogens with zero attached hydrogens (tertiary/aromatic N) is 3. The number of pyridine rings is 1. The zero-order valence-electron chi connectivity index (χ0n) is 14.1. The van der Waals surface area contributed by atoms with Gasteiger partial charge in [0.05, 0.1) is 11.4 Å². The highest BCUT2D eigenvalue weighted by molar-refractivity contribution is 7.17. The summed E-state index contributed by atoms with van der Waals surface area (Å²) < 4.78 is 12.9. The highest BCUT2D eigenvalue weighted by Crippen LogP contribution is 2.27. The SMILES string of the molecule is Cc1nc(-c2ccccn2)sc1C(=O)N(C)CCc1ccc(F)cc1. The average molecular weight is 355 g/mol. The van der Waals surface area contributed by atoms with E-state index in [4.69, 9.17) is 0 Å². The maximum atomic E-state index is 12.9. The van der Waals surface area contributed by atoms with Crippen molar-refractivity contribution in [3.05, 3.63) is 70.6 Å². The normalized spacial score (nSPS) is 10.7. The van der Waals surface area contributed by atoms with Crippen LogP contribution >= 0.6 is 11.3 Å². The molecule has 6 heteroatoms. The molecule has 0 atom stereocenters. The van der Waals surface area contributed by atoms with Crippen LogP contribution in [0.1, 0.15) is 20.9 Å². The van der Waals surface area contributed by atoms with Crippen LogP contribution in [0.3, 0.4) is 0 Å². The Morgan fingerprint density at radius 1 is 1.20 bits per heavy atom. The van der Waals surface area contributed by atoms with Gasteiger partial charge in [-0.15, -0.1) is 11.3 Å². The van der Waals surface area contributed by atoms with Crippen molar-refractivity contribution in [3.8, 4) is 10.7 Å². The number of aryl methyl sites for hydroxylation is 1. The first-order valence-electron chi connectivity index (χ1n) is 7.93. The zero-order chi connectivity index (χ0) is 17.8. The summed E-state index contributed by atoms with van der Waals surface area (Å²) in [6, 6.07) is 12.0. The van der Waals surface area contributed by atoms with Crippen molar-refractivity contribution in [2.24, 2.45) is 0 Å². The second kappa shape index (κ2) is 7.53.